The lowest BCUT2D eigenvalue weighted by Crippen LogP contribution is -2.25. The van der Waals surface area contributed by atoms with Crippen molar-refractivity contribution in [3.8, 4) is 11.4 Å². The molecule has 8 heteroatoms. The molecule has 1 saturated heterocycles. The van der Waals surface area contributed by atoms with E-state index in [4.69, 9.17) is 4.74 Å². The van der Waals surface area contributed by atoms with Crippen LogP contribution in [0.5, 0.6) is 0 Å². The van der Waals surface area contributed by atoms with Gasteiger partial charge in [-0.25, -0.2) is 4.39 Å². The number of ether oxygens (including phenoxy) is 1. The van der Waals surface area contributed by atoms with Crippen molar-refractivity contribution in [2.75, 3.05) is 12.4 Å². The van der Waals surface area contributed by atoms with E-state index >= 15 is 0 Å². The van der Waals surface area contributed by atoms with Crippen LogP contribution in [0, 0.1) is 12.7 Å². The first kappa shape index (κ1) is 21.5. The van der Waals surface area contributed by atoms with Gasteiger partial charge in [0.15, 0.2) is 11.0 Å². The molecule has 4 rings (SSSR count). The topological polar surface area (TPSA) is 69.0 Å². The molecule has 0 aliphatic carbocycles. The first-order valence-electron chi connectivity index (χ1n) is 10.3. The number of hydrogen-bond acceptors (Lipinski definition) is 5. The minimum atomic E-state index is -0.297. The van der Waals surface area contributed by atoms with Crippen molar-refractivity contribution in [1.82, 2.24) is 20.1 Å². The number of thioether (sulfide) groups is 1. The van der Waals surface area contributed by atoms with Gasteiger partial charge in [0.05, 0.1) is 18.4 Å². The fourth-order valence-electron chi connectivity index (χ4n) is 3.45. The number of carbonyl (C=O) groups is 1. The third-order valence-corrected chi connectivity index (χ3v) is 6.14. The maximum Gasteiger partial charge on any atom is 0.230 e. The van der Waals surface area contributed by atoms with Gasteiger partial charge in [0.1, 0.15) is 5.82 Å². The van der Waals surface area contributed by atoms with E-state index in [0.717, 1.165) is 30.6 Å². The van der Waals surface area contributed by atoms with Crippen LogP contribution in [0.4, 0.5) is 4.39 Å². The van der Waals surface area contributed by atoms with E-state index < -0.39 is 0 Å². The molecule has 3 aromatic rings. The monoisotopic (exact) mass is 440 g/mol. The average Bonchev–Trinajstić information content (AvgIpc) is 3.43. The summed E-state index contributed by atoms with van der Waals surface area (Å²) in [5.41, 5.74) is 3.03. The van der Waals surface area contributed by atoms with Crippen LogP contribution in [0.3, 0.4) is 0 Å². The molecule has 6 nitrogen and oxygen atoms in total. The molecule has 1 aromatic heterocycles. The second-order valence-electron chi connectivity index (χ2n) is 7.61. The highest BCUT2D eigenvalue weighted by molar-refractivity contribution is 7.99. The van der Waals surface area contributed by atoms with Gasteiger partial charge in [-0.05, 0) is 49.6 Å². The lowest BCUT2D eigenvalue weighted by molar-refractivity contribution is -0.118. The van der Waals surface area contributed by atoms with Crippen LogP contribution in [0.25, 0.3) is 11.4 Å². The molecule has 1 amide bonds. The molecule has 162 valence electrons. The highest BCUT2D eigenvalue weighted by Gasteiger charge is 2.22. The lowest BCUT2D eigenvalue weighted by Gasteiger charge is -2.14. The normalized spacial score (nSPS) is 15.9. The number of halogens is 1. The molecule has 0 bridgehead atoms. The molecule has 31 heavy (non-hydrogen) atoms. The summed E-state index contributed by atoms with van der Waals surface area (Å²) in [4.78, 5) is 12.4. The molecule has 2 heterocycles. The Morgan fingerprint density at radius 2 is 1.97 bits per heavy atom. The molecule has 0 spiro atoms. The third-order valence-electron chi connectivity index (χ3n) is 5.17. The molecule has 0 radical (unpaired) electrons. The number of carbonyl (C=O) groups excluding carboxylic acids is 1. The quantitative estimate of drug-likeness (QED) is 0.537. The van der Waals surface area contributed by atoms with Crippen LogP contribution in [0.1, 0.15) is 24.0 Å². The van der Waals surface area contributed by atoms with Crippen molar-refractivity contribution in [1.29, 1.82) is 0 Å². The van der Waals surface area contributed by atoms with Crippen LogP contribution >= 0.6 is 11.8 Å². The van der Waals surface area contributed by atoms with Crippen molar-refractivity contribution in [2.45, 2.75) is 44.1 Å². The SMILES string of the molecule is Cc1ccc(CNC(=O)CSc2nnc(-c3ccc(F)cc3)n2CC2CCCO2)cc1. The zero-order chi connectivity index (χ0) is 21.6. The Balaban J connectivity index is 1.43. The summed E-state index contributed by atoms with van der Waals surface area (Å²) < 4.78 is 21.1. The molecule has 1 N–H and O–H groups in total. The number of benzene rings is 2. The molecule has 1 aliphatic heterocycles. The summed E-state index contributed by atoms with van der Waals surface area (Å²) in [5.74, 6) is 0.520. The van der Waals surface area contributed by atoms with Gasteiger partial charge in [0, 0.05) is 18.7 Å². The molecule has 1 fully saturated rings. The molecule has 0 saturated carbocycles. The maximum absolute atomic E-state index is 13.3. The predicted octanol–water partition coefficient (Wildman–Crippen LogP) is 3.98. The molecule has 1 aliphatic rings. The van der Waals surface area contributed by atoms with E-state index in [2.05, 4.69) is 15.5 Å². The van der Waals surface area contributed by atoms with Gasteiger partial charge in [0.2, 0.25) is 5.91 Å². The van der Waals surface area contributed by atoms with Gasteiger partial charge in [0.25, 0.3) is 0 Å². The Labute approximate surface area is 185 Å². The fraction of sp³-hybridized carbons (Fsp3) is 0.348. The van der Waals surface area contributed by atoms with E-state index in [9.17, 15) is 9.18 Å². The number of rotatable bonds is 8. The van der Waals surface area contributed by atoms with Crippen molar-refractivity contribution < 1.29 is 13.9 Å². The Kier molecular flexibility index (Phi) is 6.99. The Morgan fingerprint density at radius 1 is 1.19 bits per heavy atom. The Bertz CT molecular complexity index is 1020. The van der Waals surface area contributed by atoms with E-state index in [1.807, 2.05) is 35.8 Å². The number of aryl methyl sites for hydroxylation is 1. The summed E-state index contributed by atoms with van der Waals surface area (Å²) in [7, 11) is 0. The summed E-state index contributed by atoms with van der Waals surface area (Å²) in [6.45, 7) is 3.88. The largest absolute Gasteiger partial charge is 0.376 e. The number of aromatic nitrogens is 3. The smallest absolute Gasteiger partial charge is 0.230 e. The van der Waals surface area contributed by atoms with Crippen molar-refractivity contribution in [3.63, 3.8) is 0 Å². The summed E-state index contributed by atoms with van der Waals surface area (Å²) in [5, 5.41) is 12.2. The summed E-state index contributed by atoms with van der Waals surface area (Å²) >= 11 is 1.34. The van der Waals surface area contributed by atoms with Gasteiger partial charge in [-0.2, -0.15) is 0 Å². The van der Waals surface area contributed by atoms with Crippen LogP contribution < -0.4 is 5.32 Å². The molecular formula is C23H25FN4O2S. The number of hydrogen-bond donors (Lipinski definition) is 1. The van der Waals surface area contributed by atoms with E-state index in [1.165, 1.54) is 29.5 Å². The van der Waals surface area contributed by atoms with Crippen LogP contribution in [0.15, 0.2) is 53.7 Å². The molecular weight excluding hydrogens is 415 g/mol. The standard InChI is InChI=1S/C23H25FN4O2S/c1-16-4-6-17(7-5-16)13-25-21(29)15-31-23-27-26-22(18-8-10-19(24)11-9-18)28(23)14-20-3-2-12-30-20/h4-11,20H,2-3,12-15H2,1H3,(H,25,29). The minimum Gasteiger partial charge on any atom is -0.376 e. The van der Waals surface area contributed by atoms with Crippen molar-refractivity contribution >= 4 is 17.7 Å². The van der Waals surface area contributed by atoms with Gasteiger partial charge in [-0.3, -0.25) is 9.36 Å². The average molecular weight is 441 g/mol. The fourth-order valence-corrected chi connectivity index (χ4v) is 4.23. The third kappa shape index (κ3) is 5.71. The lowest BCUT2D eigenvalue weighted by atomic mass is 10.1. The maximum atomic E-state index is 13.3. The Morgan fingerprint density at radius 3 is 2.68 bits per heavy atom. The second kappa shape index (κ2) is 10.1. The zero-order valence-corrected chi connectivity index (χ0v) is 18.2. The van der Waals surface area contributed by atoms with Crippen molar-refractivity contribution in [3.05, 3.63) is 65.5 Å². The van der Waals surface area contributed by atoms with Crippen molar-refractivity contribution in [2.24, 2.45) is 0 Å². The highest BCUT2D eigenvalue weighted by atomic mass is 32.2. The van der Waals surface area contributed by atoms with Gasteiger partial charge < -0.3 is 10.1 Å². The van der Waals surface area contributed by atoms with Gasteiger partial charge in [-0.15, -0.1) is 10.2 Å². The highest BCUT2D eigenvalue weighted by Crippen LogP contribution is 2.26. The predicted molar refractivity (Wildman–Crippen MR) is 118 cm³/mol. The number of nitrogens with one attached hydrogen (secondary N) is 1. The minimum absolute atomic E-state index is 0.0689. The van der Waals surface area contributed by atoms with Crippen LogP contribution in [-0.2, 0) is 22.6 Å². The van der Waals surface area contributed by atoms with Crippen LogP contribution in [0.2, 0.25) is 0 Å². The summed E-state index contributed by atoms with van der Waals surface area (Å²) in [6, 6.07) is 14.3. The number of amides is 1. The first-order chi connectivity index (χ1) is 15.1. The molecule has 1 atom stereocenters. The first-order valence-corrected chi connectivity index (χ1v) is 11.3. The van der Waals surface area contributed by atoms with E-state index in [1.54, 1.807) is 12.1 Å². The Hall–Kier alpha value is -2.71. The molecule has 1 unspecified atom stereocenters. The molecule has 2 aromatic carbocycles. The van der Waals surface area contributed by atoms with E-state index in [-0.39, 0.29) is 23.6 Å². The van der Waals surface area contributed by atoms with Gasteiger partial charge >= 0.3 is 0 Å². The number of nitrogens with zero attached hydrogens (tertiary/aromatic N) is 3. The second-order valence-corrected chi connectivity index (χ2v) is 8.55. The van der Waals surface area contributed by atoms with Gasteiger partial charge in [-0.1, -0.05) is 41.6 Å². The van der Waals surface area contributed by atoms with E-state index in [0.29, 0.717) is 24.1 Å². The summed E-state index contributed by atoms with van der Waals surface area (Å²) in [6.07, 6.45) is 2.09. The zero-order valence-electron chi connectivity index (χ0n) is 17.4. The van der Waals surface area contributed by atoms with Crippen LogP contribution in [-0.4, -0.2) is 39.1 Å².